The van der Waals surface area contributed by atoms with Gasteiger partial charge in [-0.05, 0) is 43.0 Å². The number of hydrogen-bond acceptors (Lipinski definition) is 8. The number of nitriles is 1. The van der Waals surface area contributed by atoms with Crippen LogP contribution < -0.4 is 21.7 Å². The molecular weight excluding hydrogens is 565 g/mol. The van der Waals surface area contributed by atoms with E-state index in [2.05, 4.69) is 31.0 Å². The molecule has 15 heteroatoms. The summed E-state index contributed by atoms with van der Waals surface area (Å²) in [6.07, 6.45) is 2.54. The van der Waals surface area contributed by atoms with Gasteiger partial charge in [0.25, 0.3) is 5.91 Å². The predicted molar refractivity (Wildman–Crippen MR) is 150 cm³/mol. The maximum Gasteiger partial charge on any atom is 0.435 e. The second-order valence-corrected chi connectivity index (χ2v) is 10.2. The first kappa shape index (κ1) is 29.5. The number of rotatable bonds is 10. The van der Waals surface area contributed by atoms with Gasteiger partial charge in [0.1, 0.15) is 6.54 Å². The minimum absolute atomic E-state index is 0.0521. The Kier molecular flexibility index (Phi) is 8.31. The molecule has 43 heavy (non-hydrogen) atoms. The molecule has 1 aliphatic rings. The van der Waals surface area contributed by atoms with Gasteiger partial charge < -0.3 is 21.7 Å². The van der Waals surface area contributed by atoms with Gasteiger partial charge in [-0.25, -0.2) is 9.97 Å². The van der Waals surface area contributed by atoms with Gasteiger partial charge in [0.15, 0.2) is 17.2 Å². The molecule has 5 N–H and O–H groups in total. The quantitative estimate of drug-likeness (QED) is 0.203. The first-order chi connectivity index (χ1) is 20.6. The maximum absolute atomic E-state index is 13.7. The molecule has 224 valence electrons. The second-order valence-electron chi connectivity index (χ2n) is 10.2. The van der Waals surface area contributed by atoms with Crippen LogP contribution in [0.5, 0.6) is 0 Å². The number of aromatic nitrogens is 5. The molecule has 0 saturated heterocycles. The number of halogens is 3. The number of nitrogens with zero attached hydrogens (tertiary/aromatic N) is 6. The van der Waals surface area contributed by atoms with Crippen LogP contribution in [0, 0.1) is 17.2 Å². The van der Waals surface area contributed by atoms with E-state index in [-0.39, 0.29) is 59.6 Å². The van der Waals surface area contributed by atoms with Gasteiger partial charge in [0, 0.05) is 54.9 Å². The number of amides is 2. The van der Waals surface area contributed by atoms with Gasteiger partial charge in [0.05, 0.1) is 23.5 Å². The first-order valence-corrected chi connectivity index (χ1v) is 13.6. The smallest absolute Gasteiger partial charge is 0.354 e. The normalized spacial score (nSPS) is 16.4. The van der Waals surface area contributed by atoms with Crippen LogP contribution in [0.15, 0.2) is 43.0 Å². The van der Waals surface area contributed by atoms with E-state index in [4.69, 9.17) is 11.0 Å². The van der Waals surface area contributed by atoms with Crippen molar-refractivity contribution >= 4 is 29.0 Å². The number of carbonyl (C=O) groups is 2. The molecule has 0 spiro atoms. The van der Waals surface area contributed by atoms with Crippen molar-refractivity contribution < 1.29 is 22.8 Å². The molecule has 1 saturated carbocycles. The van der Waals surface area contributed by atoms with Crippen molar-refractivity contribution in [2.75, 3.05) is 18.4 Å². The molecule has 0 aliphatic heterocycles. The molecule has 1 aliphatic carbocycles. The van der Waals surface area contributed by atoms with Gasteiger partial charge in [-0.1, -0.05) is 6.92 Å². The minimum atomic E-state index is -4.74. The first-order valence-electron chi connectivity index (χ1n) is 13.6. The van der Waals surface area contributed by atoms with E-state index in [1.54, 1.807) is 24.3 Å². The lowest BCUT2D eigenvalue weighted by Crippen LogP contribution is -2.46. The highest BCUT2D eigenvalue weighted by Crippen LogP contribution is 2.37. The van der Waals surface area contributed by atoms with Crippen LogP contribution in [0.4, 0.5) is 24.7 Å². The van der Waals surface area contributed by atoms with Crippen molar-refractivity contribution in [2.45, 2.75) is 44.9 Å². The van der Waals surface area contributed by atoms with Crippen LogP contribution in [0.25, 0.3) is 16.9 Å². The largest absolute Gasteiger partial charge is 0.435 e. The standard InChI is InChI=1S/C28H29F3N10O2/c1-2-16-13-19(3-4-20(16)27(43)36-7-6-35-26(42)17-11-18(33)12-17)38-24-25-37-14-22(41(25)10-8-34-24)21-15-40(9-5-32)39-23(21)28(29,30)31/h3-4,8,10,13-15,17-18H,2,6-7,9,11-12,33H2,1H3,(H,34,38)(H,35,42)(H,36,43)/t17-,18-. The number of hydrogen-bond donors (Lipinski definition) is 4. The summed E-state index contributed by atoms with van der Waals surface area (Å²) in [5.41, 5.74) is 6.62. The van der Waals surface area contributed by atoms with E-state index < -0.39 is 11.9 Å². The number of fused-ring (bicyclic) bond motifs is 1. The SMILES string of the molecule is CCc1cc(Nc2nccn3c(-c4cn(CC#N)nc4C(F)(F)F)cnc23)ccc1C(=O)NCCNC(=O)[C@H]1C[C@H](N)C1. The molecule has 4 aromatic rings. The molecule has 0 bridgehead atoms. The van der Waals surface area contributed by atoms with Gasteiger partial charge in [0.2, 0.25) is 5.91 Å². The van der Waals surface area contributed by atoms with Crippen LogP contribution >= 0.6 is 0 Å². The van der Waals surface area contributed by atoms with Crippen molar-refractivity contribution in [3.8, 4) is 17.3 Å². The third kappa shape index (κ3) is 6.28. The summed E-state index contributed by atoms with van der Waals surface area (Å²) in [6.45, 7) is 2.15. The fourth-order valence-electron chi connectivity index (χ4n) is 4.98. The average Bonchev–Trinajstić information content (AvgIpc) is 3.58. The van der Waals surface area contributed by atoms with Crippen molar-refractivity contribution in [3.05, 3.63) is 59.8 Å². The zero-order valence-electron chi connectivity index (χ0n) is 23.1. The van der Waals surface area contributed by atoms with E-state index in [1.165, 1.54) is 29.2 Å². The molecule has 2 amide bonds. The highest BCUT2D eigenvalue weighted by molar-refractivity contribution is 5.96. The molecule has 3 aromatic heterocycles. The van der Waals surface area contributed by atoms with E-state index in [9.17, 15) is 22.8 Å². The van der Waals surface area contributed by atoms with Crippen molar-refractivity contribution in [1.82, 2.24) is 34.8 Å². The fraction of sp³-hybridized carbons (Fsp3) is 0.357. The Balaban J connectivity index is 1.30. The van der Waals surface area contributed by atoms with E-state index in [0.717, 1.165) is 10.2 Å². The highest BCUT2D eigenvalue weighted by Gasteiger charge is 2.38. The molecule has 0 atom stereocenters. The Morgan fingerprint density at radius 3 is 2.65 bits per heavy atom. The number of benzene rings is 1. The lowest BCUT2D eigenvalue weighted by atomic mass is 9.80. The number of anilines is 2. The Morgan fingerprint density at radius 1 is 1.19 bits per heavy atom. The van der Waals surface area contributed by atoms with Crippen LogP contribution in [0.2, 0.25) is 0 Å². The van der Waals surface area contributed by atoms with Gasteiger partial charge >= 0.3 is 6.18 Å². The second kappa shape index (κ2) is 12.1. The number of nitrogens with one attached hydrogen (secondary N) is 3. The molecule has 3 heterocycles. The highest BCUT2D eigenvalue weighted by atomic mass is 19.4. The number of alkyl halides is 3. The van der Waals surface area contributed by atoms with E-state index >= 15 is 0 Å². The fourth-order valence-corrected chi connectivity index (χ4v) is 4.98. The predicted octanol–water partition coefficient (Wildman–Crippen LogP) is 3.02. The third-order valence-corrected chi connectivity index (χ3v) is 7.22. The summed E-state index contributed by atoms with van der Waals surface area (Å²) in [5, 5.41) is 21.3. The minimum Gasteiger partial charge on any atom is -0.354 e. The van der Waals surface area contributed by atoms with Crippen LogP contribution in [0.3, 0.4) is 0 Å². The monoisotopic (exact) mass is 594 g/mol. The molecule has 5 rings (SSSR count). The van der Waals surface area contributed by atoms with Crippen LogP contribution in [-0.4, -0.2) is 55.1 Å². The topological polar surface area (TPSA) is 168 Å². The molecule has 0 radical (unpaired) electrons. The Hall–Kier alpha value is -4.97. The summed E-state index contributed by atoms with van der Waals surface area (Å²) in [4.78, 5) is 33.5. The van der Waals surface area contributed by atoms with Gasteiger partial charge in [-0.2, -0.15) is 23.5 Å². The van der Waals surface area contributed by atoms with Crippen LogP contribution in [0.1, 0.15) is 41.4 Å². The Morgan fingerprint density at radius 2 is 1.95 bits per heavy atom. The number of aryl methyl sites for hydroxylation is 1. The molecule has 0 unspecified atom stereocenters. The summed E-state index contributed by atoms with van der Waals surface area (Å²) < 4.78 is 43.6. The summed E-state index contributed by atoms with van der Waals surface area (Å²) in [7, 11) is 0. The zero-order chi connectivity index (χ0) is 30.7. The molecule has 1 aromatic carbocycles. The van der Waals surface area contributed by atoms with Crippen LogP contribution in [-0.2, 0) is 23.9 Å². The number of carbonyl (C=O) groups excluding carboxylic acids is 2. The molecular formula is C28H29F3N10O2. The third-order valence-electron chi connectivity index (χ3n) is 7.22. The zero-order valence-corrected chi connectivity index (χ0v) is 23.1. The van der Waals surface area contributed by atoms with Gasteiger partial charge in [-0.3, -0.25) is 18.7 Å². The molecule has 1 fully saturated rings. The van der Waals surface area contributed by atoms with E-state index in [1.807, 2.05) is 6.92 Å². The number of imidazole rings is 1. The van der Waals surface area contributed by atoms with Gasteiger partial charge in [-0.15, -0.1) is 0 Å². The Bertz CT molecular complexity index is 1700. The van der Waals surface area contributed by atoms with Crippen molar-refractivity contribution in [3.63, 3.8) is 0 Å². The maximum atomic E-state index is 13.7. The van der Waals surface area contributed by atoms with Crippen molar-refractivity contribution in [2.24, 2.45) is 11.7 Å². The van der Waals surface area contributed by atoms with Crippen molar-refractivity contribution in [1.29, 1.82) is 5.26 Å². The van der Waals surface area contributed by atoms with E-state index in [0.29, 0.717) is 37.1 Å². The summed E-state index contributed by atoms with van der Waals surface area (Å²) in [6, 6.07) is 7.02. The summed E-state index contributed by atoms with van der Waals surface area (Å²) in [5.74, 6) is -0.103. The lowest BCUT2D eigenvalue weighted by molar-refractivity contribution is -0.141. The average molecular weight is 595 g/mol. The summed E-state index contributed by atoms with van der Waals surface area (Å²) >= 11 is 0. The Labute approximate surface area is 244 Å². The number of nitrogens with two attached hydrogens (primary N) is 1. The lowest BCUT2D eigenvalue weighted by Gasteiger charge is -2.31. The molecule has 12 nitrogen and oxygen atoms in total.